The minimum Gasteiger partial charge on any atom is -0.444 e. The Bertz CT molecular complexity index is 826. The molecular formula is C23H30Cl2N2O3. The third kappa shape index (κ3) is 4.29. The summed E-state index contributed by atoms with van der Waals surface area (Å²) in [6, 6.07) is 5.35. The van der Waals surface area contributed by atoms with Crippen LogP contribution in [0, 0.1) is 11.8 Å². The van der Waals surface area contributed by atoms with E-state index in [0.29, 0.717) is 28.7 Å². The molecule has 7 heteroatoms. The van der Waals surface area contributed by atoms with Crippen LogP contribution in [0.25, 0.3) is 0 Å². The molecule has 4 rings (SSSR count). The highest BCUT2D eigenvalue weighted by atomic mass is 35.5. The van der Waals surface area contributed by atoms with E-state index in [2.05, 4.69) is 0 Å². The lowest BCUT2D eigenvalue weighted by Gasteiger charge is -2.35. The van der Waals surface area contributed by atoms with Gasteiger partial charge in [-0.1, -0.05) is 29.3 Å². The summed E-state index contributed by atoms with van der Waals surface area (Å²) in [4.78, 5) is 30.0. The molecule has 5 nitrogen and oxygen atoms in total. The molecule has 0 aromatic heterocycles. The smallest absolute Gasteiger partial charge is 0.410 e. The zero-order valence-corrected chi connectivity index (χ0v) is 19.4. The molecule has 0 N–H and O–H groups in total. The lowest BCUT2D eigenvalue weighted by atomic mass is 9.77. The van der Waals surface area contributed by atoms with E-state index in [1.165, 1.54) is 12.8 Å². The van der Waals surface area contributed by atoms with E-state index in [1.807, 2.05) is 25.7 Å². The lowest BCUT2D eigenvalue weighted by molar-refractivity contribution is 0.0264. The van der Waals surface area contributed by atoms with Crippen LogP contribution in [0.4, 0.5) is 4.79 Å². The van der Waals surface area contributed by atoms with Crippen molar-refractivity contribution in [3.63, 3.8) is 0 Å². The number of hydrogen-bond acceptors (Lipinski definition) is 3. The van der Waals surface area contributed by atoms with Gasteiger partial charge in [0.2, 0.25) is 0 Å². The fraction of sp³-hybridized carbons (Fsp3) is 0.652. The van der Waals surface area contributed by atoms with Crippen LogP contribution >= 0.6 is 23.2 Å². The quantitative estimate of drug-likeness (QED) is 0.596. The highest BCUT2D eigenvalue weighted by Crippen LogP contribution is 2.49. The fourth-order valence-corrected chi connectivity index (χ4v) is 5.56. The molecule has 1 aromatic rings. The summed E-state index contributed by atoms with van der Waals surface area (Å²) in [5.74, 6) is 1.37. The maximum Gasteiger partial charge on any atom is 0.410 e. The number of carbonyl (C=O) groups excluding carboxylic acids is 2. The number of rotatable bonds is 3. The molecule has 4 atom stereocenters. The second kappa shape index (κ2) is 8.23. The molecule has 1 aliphatic heterocycles. The van der Waals surface area contributed by atoms with Crippen LogP contribution in [0.5, 0.6) is 0 Å². The highest BCUT2D eigenvalue weighted by molar-refractivity contribution is 6.43. The van der Waals surface area contributed by atoms with E-state index in [9.17, 15) is 9.59 Å². The van der Waals surface area contributed by atoms with Gasteiger partial charge in [0, 0.05) is 19.1 Å². The van der Waals surface area contributed by atoms with Crippen LogP contribution in [0.1, 0.15) is 63.2 Å². The van der Waals surface area contributed by atoms with Gasteiger partial charge in [-0.25, -0.2) is 4.79 Å². The second-order valence-corrected chi connectivity index (χ2v) is 10.7. The number of nitrogens with zero attached hydrogens (tertiary/aromatic N) is 2. The Morgan fingerprint density at radius 1 is 1.07 bits per heavy atom. The van der Waals surface area contributed by atoms with Crippen molar-refractivity contribution in [1.29, 1.82) is 0 Å². The normalized spacial score (nSPS) is 28.1. The fourth-order valence-electron chi connectivity index (χ4n) is 5.18. The van der Waals surface area contributed by atoms with Gasteiger partial charge < -0.3 is 14.5 Å². The van der Waals surface area contributed by atoms with Crippen LogP contribution < -0.4 is 0 Å². The Balaban J connectivity index is 1.56. The van der Waals surface area contributed by atoms with Crippen molar-refractivity contribution in [2.24, 2.45) is 11.8 Å². The van der Waals surface area contributed by atoms with Crippen molar-refractivity contribution in [2.75, 3.05) is 13.1 Å². The molecule has 1 aromatic carbocycles. The summed E-state index contributed by atoms with van der Waals surface area (Å²) in [6.45, 7) is 6.67. The number of fused-ring (bicyclic) bond motifs is 1. The third-order valence-corrected chi connectivity index (χ3v) is 7.56. The van der Waals surface area contributed by atoms with Gasteiger partial charge >= 0.3 is 6.09 Å². The van der Waals surface area contributed by atoms with Crippen LogP contribution in [0.15, 0.2) is 18.2 Å². The topological polar surface area (TPSA) is 49.9 Å². The van der Waals surface area contributed by atoms with Gasteiger partial charge in [0.25, 0.3) is 5.91 Å². The summed E-state index contributed by atoms with van der Waals surface area (Å²) < 4.78 is 5.54. The number of benzene rings is 1. The van der Waals surface area contributed by atoms with Crippen molar-refractivity contribution >= 4 is 35.2 Å². The van der Waals surface area contributed by atoms with E-state index in [0.717, 1.165) is 31.1 Å². The maximum absolute atomic E-state index is 13.7. The molecule has 164 valence electrons. The van der Waals surface area contributed by atoms with Gasteiger partial charge in [-0.2, -0.15) is 0 Å². The largest absolute Gasteiger partial charge is 0.444 e. The number of amides is 2. The van der Waals surface area contributed by atoms with Crippen molar-refractivity contribution in [1.82, 2.24) is 9.80 Å². The molecule has 2 saturated carbocycles. The van der Waals surface area contributed by atoms with E-state index in [-0.39, 0.29) is 24.1 Å². The first-order valence-corrected chi connectivity index (χ1v) is 11.6. The molecule has 3 fully saturated rings. The molecule has 0 bridgehead atoms. The number of hydrogen-bond donors (Lipinski definition) is 0. The van der Waals surface area contributed by atoms with Crippen molar-refractivity contribution in [3.8, 4) is 0 Å². The minimum atomic E-state index is -0.538. The predicted octanol–water partition coefficient (Wildman–Crippen LogP) is 5.63. The first-order chi connectivity index (χ1) is 14.1. The van der Waals surface area contributed by atoms with E-state index < -0.39 is 5.60 Å². The van der Waals surface area contributed by atoms with Gasteiger partial charge in [0.1, 0.15) is 5.60 Å². The predicted molar refractivity (Wildman–Crippen MR) is 118 cm³/mol. The van der Waals surface area contributed by atoms with Gasteiger partial charge in [-0.3, -0.25) is 4.79 Å². The highest BCUT2D eigenvalue weighted by Gasteiger charge is 2.47. The SMILES string of the molecule is CC(C)(C)OC(=O)N1CC[C@H](N(C(=O)c2cccc(Cl)c2Cl)C2C[C@H]3CC[C@H]3C2)C1. The van der Waals surface area contributed by atoms with Crippen molar-refractivity contribution < 1.29 is 14.3 Å². The Morgan fingerprint density at radius 2 is 1.73 bits per heavy atom. The minimum absolute atomic E-state index is 0.0393. The number of ether oxygens (including phenoxy) is 1. The van der Waals surface area contributed by atoms with Gasteiger partial charge in [0.15, 0.2) is 0 Å². The molecule has 1 heterocycles. The molecule has 0 spiro atoms. The first kappa shape index (κ1) is 21.8. The summed E-state index contributed by atoms with van der Waals surface area (Å²) in [7, 11) is 0. The Morgan fingerprint density at radius 3 is 2.33 bits per heavy atom. The second-order valence-electron chi connectivity index (χ2n) is 9.91. The van der Waals surface area contributed by atoms with Crippen LogP contribution in [0.2, 0.25) is 10.0 Å². The monoisotopic (exact) mass is 452 g/mol. The zero-order chi connectivity index (χ0) is 21.6. The average Bonchev–Trinajstić information content (AvgIpc) is 3.23. The summed E-state index contributed by atoms with van der Waals surface area (Å²) in [6.07, 6.45) is 5.03. The average molecular weight is 453 g/mol. The molecule has 3 aliphatic rings. The Hall–Kier alpha value is -1.46. The molecule has 0 radical (unpaired) electrons. The third-order valence-electron chi connectivity index (χ3n) is 6.74. The van der Waals surface area contributed by atoms with Crippen molar-refractivity contribution in [2.45, 2.75) is 70.6 Å². The number of carbonyl (C=O) groups is 2. The summed E-state index contributed by atoms with van der Waals surface area (Å²) >= 11 is 12.6. The first-order valence-electron chi connectivity index (χ1n) is 10.9. The van der Waals surface area contributed by atoms with Gasteiger partial charge in [0.05, 0.1) is 21.7 Å². The Kier molecular flexibility index (Phi) is 5.97. The zero-order valence-electron chi connectivity index (χ0n) is 17.9. The van der Waals surface area contributed by atoms with Crippen LogP contribution in [-0.4, -0.2) is 52.6 Å². The van der Waals surface area contributed by atoms with Crippen LogP contribution in [0.3, 0.4) is 0 Å². The lowest BCUT2D eigenvalue weighted by Crippen LogP contribution is -2.48. The molecule has 30 heavy (non-hydrogen) atoms. The number of likely N-dealkylation sites (tertiary alicyclic amines) is 1. The van der Waals surface area contributed by atoms with Crippen LogP contribution in [-0.2, 0) is 4.74 Å². The molecule has 2 aliphatic carbocycles. The standard InChI is InChI=1S/C23H30Cl2N2O3/c1-23(2,3)30-22(29)26-10-9-16(13-26)27(17-11-14-7-8-15(14)12-17)21(28)18-5-4-6-19(24)20(18)25/h4-6,14-17H,7-13H2,1-3H3/t14-,15+,16-,17?/m0/s1. The molecule has 1 saturated heterocycles. The molecular weight excluding hydrogens is 423 g/mol. The van der Waals surface area contributed by atoms with Gasteiger partial charge in [-0.05, 0) is 76.8 Å². The maximum atomic E-state index is 13.7. The van der Waals surface area contributed by atoms with E-state index in [1.54, 1.807) is 23.1 Å². The summed E-state index contributed by atoms with van der Waals surface area (Å²) in [5.41, 5.74) is -0.0944. The van der Waals surface area contributed by atoms with Gasteiger partial charge in [-0.15, -0.1) is 0 Å². The Labute approximate surface area is 188 Å². The number of halogens is 2. The van der Waals surface area contributed by atoms with E-state index in [4.69, 9.17) is 27.9 Å². The van der Waals surface area contributed by atoms with E-state index >= 15 is 0 Å². The summed E-state index contributed by atoms with van der Waals surface area (Å²) in [5, 5.41) is 0.688. The molecule has 2 amide bonds. The molecule has 1 unspecified atom stereocenters. The van der Waals surface area contributed by atoms with Crippen molar-refractivity contribution in [3.05, 3.63) is 33.8 Å².